The minimum Gasteiger partial charge on any atom is -0.377 e. The van der Waals surface area contributed by atoms with E-state index in [0.717, 1.165) is 37.5 Å². The van der Waals surface area contributed by atoms with E-state index < -0.39 is 8.80 Å². The number of unbranched alkanes of at least 4 members (excludes halogenated alkanes) is 3. The molecule has 0 atom stereocenters. The number of aromatic amines is 1. The SMILES string of the molecule is CO[Si](CCCCCCSc1n[nH]c(N)n1)(OC)OC. The lowest BCUT2D eigenvalue weighted by Gasteiger charge is -2.24. The predicted molar refractivity (Wildman–Crippen MR) is 81.6 cm³/mol. The van der Waals surface area contributed by atoms with Crippen LogP contribution in [-0.2, 0) is 13.3 Å². The van der Waals surface area contributed by atoms with Crippen LogP contribution >= 0.6 is 11.8 Å². The molecule has 3 N–H and O–H groups in total. The van der Waals surface area contributed by atoms with Crippen molar-refractivity contribution in [3.63, 3.8) is 0 Å². The first-order valence-corrected chi connectivity index (χ1v) is 9.53. The van der Waals surface area contributed by atoms with Crippen LogP contribution in [0, 0.1) is 0 Å². The zero-order chi connectivity index (χ0) is 14.8. The number of hydrogen-bond donors (Lipinski definition) is 2. The van der Waals surface area contributed by atoms with Crippen LogP contribution in [0.1, 0.15) is 25.7 Å². The zero-order valence-corrected chi connectivity index (χ0v) is 14.2. The average molecular weight is 320 g/mol. The van der Waals surface area contributed by atoms with E-state index >= 15 is 0 Å². The van der Waals surface area contributed by atoms with E-state index in [4.69, 9.17) is 19.0 Å². The fourth-order valence-corrected chi connectivity index (χ4v) is 4.44. The van der Waals surface area contributed by atoms with Crippen molar-refractivity contribution in [2.45, 2.75) is 36.9 Å². The van der Waals surface area contributed by atoms with Gasteiger partial charge in [0.1, 0.15) is 0 Å². The van der Waals surface area contributed by atoms with Crippen molar-refractivity contribution in [3.8, 4) is 0 Å². The standard InChI is InChI=1S/C11H24N4O3SSi/c1-16-20(17-2,18-3)9-7-5-4-6-8-19-11-13-10(12)14-15-11/h4-9H2,1-3H3,(H3,12,13,14,15). The van der Waals surface area contributed by atoms with Crippen LogP contribution in [0.25, 0.3) is 0 Å². The van der Waals surface area contributed by atoms with Crippen LogP contribution in [0.15, 0.2) is 5.16 Å². The summed E-state index contributed by atoms with van der Waals surface area (Å²) < 4.78 is 16.1. The molecule has 0 aliphatic rings. The Morgan fingerprint density at radius 3 is 2.30 bits per heavy atom. The number of H-pyrrole nitrogens is 1. The van der Waals surface area contributed by atoms with Crippen molar-refractivity contribution >= 4 is 26.5 Å². The second-order valence-electron chi connectivity index (χ2n) is 4.31. The fourth-order valence-electron chi connectivity index (χ4n) is 1.84. The largest absolute Gasteiger partial charge is 0.500 e. The Morgan fingerprint density at radius 2 is 1.75 bits per heavy atom. The second kappa shape index (κ2) is 9.35. The molecule has 0 saturated heterocycles. The zero-order valence-electron chi connectivity index (χ0n) is 12.3. The lowest BCUT2D eigenvalue weighted by atomic mass is 10.2. The first-order valence-electron chi connectivity index (χ1n) is 6.62. The van der Waals surface area contributed by atoms with Gasteiger partial charge in [0.25, 0.3) is 0 Å². The smallest absolute Gasteiger partial charge is 0.377 e. The van der Waals surface area contributed by atoms with Crippen molar-refractivity contribution in [2.24, 2.45) is 0 Å². The normalized spacial score (nSPS) is 11.9. The fraction of sp³-hybridized carbons (Fsp3) is 0.818. The van der Waals surface area contributed by atoms with Crippen LogP contribution in [0.2, 0.25) is 6.04 Å². The summed E-state index contributed by atoms with van der Waals surface area (Å²) >= 11 is 1.62. The Balaban J connectivity index is 2.04. The predicted octanol–water partition coefficient (Wildman–Crippen LogP) is 1.92. The number of hydrogen-bond acceptors (Lipinski definition) is 7. The molecule has 0 radical (unpaired) electrons. The summed E-state index contributed by atoms with van der Waals surface area (Å²) in [6.45, 7) is 0. The number of nitrogens with two attached hydrogens (primary N) is 1. The summed E-state index contributed by atoms with van der Waals surface area (Å²) in [6.07, 6.45) is 4.48. The highest BCUT2D eigenvalue weighted by molar-refractivity contribution is 7.99. The molecular formula is C11H24N4O3SSi. The first kappa shape index (κ1) is 17.4. The van der Waals surface area contributed by atoms with E-state index in [1.165, 1.54) is 0 Å². The maximum absolute atomic E-state index is 5.45. The summed E-state index contributed by atoms with van der Waals surface area (Å²) in [5.74, 6) is 1.37. The molecule has 0 aliphatic carbocycles. The number of rotatable bonds is 11. The monoisotopic (exact) mass is 320 g/mol. The van der Waals surface area contributed by atoms with Crippen LogP contribution in [-0.4, -0.2) is 51.1 Å². The van der Waals surface area contributed by atoms with E-state index in [2.05, 4.69) is 15.2 Å². The van der Waals surface area contributed by atoms with Gasteiger partial charge in [0, 0.05) is 33.1 Å². The summed E-state index contributed by atoms with van der Waals surface area (Å²) in [5.41, 5.74) is 5.45. The summed E-state index contributed by atoms with van der Waals surface area (Å²) in [6, 6.07) is 0.862. The van der Waals surface area contributed by atoms with Gasteiger partial charge >= 0.3 is 8.80 Å². The molecule has 1 rings (SSSR count). The van der Waals surface area contributed by atoms with Crippen LogP contribution in [0.4, 0.5) is 5.95 Å². The van der Waals surface area contributed by atoms with Crippen LogP contribution < -0.4 is 5.73 Å². The number of aromatic nitrogens is 3. The molecule has 1 aromatic heterocycles. The summed E-state index contributed by atoms with van der Waals surface area (Å²) in [4.78, 5) is 4.04. The lowest BCUT2D eigenvalue weighted by Crippen LogP contribution is -2.42. The molecule has 20 heavy (non-hydrogen) atoms. The molecule has 0 aliphatic heterocycles. The molecule has 0 bridgehead atoms. The first-order chi connectivity index (χ1) is 9.65. The van der Waals surface area contributed by atoms with Crippen molar-refractivity contribution < 1.29 is 13.3 Å². The molecule has 1 heterocycles. The van der Waals surface area contributed by atoms with E-state index in [9.17, 15) is 0 Å². The van der Waals surface area contributed by atoms with Crippen molar-refractivity contribution in [1.82, 2.24) is 15.2 Å². The van der Waals surface area contributed by atoms with Gasteiger partial charge in [-0.3, -0.25) is 0 Å². The number of nitrogens with one attached hydrogen (secondary N) is 1. The number of thioether (sulfide) groups is 1. The van der Waals surface area contributed by atoms with Gasteiger partial charge in [-0.2, -0.15) is 4.98 Å². The molecule has 0 unspecified atom stereocenters. The van der Waals surface area contributed by atoms with Gasteiger partial charge in [-0.1, -0.05) is 24.6 Å². The molecule has 0 fully saturated rings. The molecule has 1 aromatic rings. The summed E-state index contributed by atoms with van der Waals surface area (Å²) in [5, 5.41) is 7.31. The molecular weight excluding hydrogens is 296 g/mol. The highest BCUT2D eigenvalue weighted by atomic mass is 32.2. The average Bonchev–Trinajstić information content (AvgIpc) is 2.88. The van der Waals surface area contributed by atoms with Gasteiger partial charge in [-0.25, -0.2) is 5.10 Å². The number of nitrogens with zero attached hydrogens (tertiary/aromatic N) is 2. The van der Waals surface area contributed by atoms with Crippen molar-refractivity contribution in [1.29, 1.82) is 0 Å². The van der Waals surface area contributed by atoms with Gasteiger partial charge in [-0.05, 0) is 12.8 Å². The minimum atomic E-state index is -2.38. The van der Waals surface area contributed by atoms with E-state index in [1.54, 1.807) is 33.1 Å². The Hall–Kier alpha value is -0.613. The maximum Gasteiger partial charge on any atom is 0.500 e. The topological polar surface area (TPSA) is 95.3 Å². The third-order valence-corrected chi connectivity index (χ3v) is 6.79. The van der Waals surface area contributed by atoms with Gasteiger partial charge in [0.2, 0.25) is 11.1 Å². The number of nitrogen functional groups attached to an aromatic ring is 1. The Labute approximate surface area is 125 Å². The molecule has 116 valence electrons. The van der Waals surface area contributed by atoms with Gasteiger partial charge in [0.05, 0.1) is 0 Å². The van der Waals surface area contributed by atoms with Crippen LogP contribution in [0.3, 0.4) is 0 Å². The minimum absolute atomic E-state index is 0.368. The highest BCUT2D eigenvalue weighted by Crippen LogP contribution is 2.19. The molecule has 0 saturated carbocycles. The second-order valence-corrected chi connectivity index (χ2v) is 8.46. The molecule has 0 aromatic carbocycles. The lowest BCUT2D eigenvalue weighted by molar-refractivity contribution is 0.122. The third-order valence-electron chi connectivity index (χ3n) is 3.02. The van der Waals surface area contributed by atoms with Gasteiger partial charge in [0.15, 0.2) is 0 Å². The van der Waals surface area contributed by atoms with Crippen LogP contribution in [0.5, 0.6) is 0 Å². The van der Waals surface area contributed by atoms with Crippen molar-refractivity contribution in [3.05, 3.63) is 0 Å². The highest BCUT2D eigenvalue weighted by Gasteiger charge is 2.36. The third kappa shape index (κ3) is 5.79. The molecule has 9 heteroatoms. The maximum atomic E-state index is 5.45. The van der Waals surface area contributed by atoms with E-state index in [1.807, 2.05) is 0 Å². The van der Waals surface area contributed by atoms with E-state index in [-0.39, 0.29) is 0 Å². The molecule has 0 spiro atoms. The molecule has 0 amide bonds. The Bertz CT molecular complexity index is 368. The molecule has 7 nitrogen and oxygen atoms in total. The van der Waals surface area contributed by atoms with Crippen molar-refractivity contribution in [2.75, 3.05) is 32.8 Å². The van der Waals surface area contributed by atoms with Gasteiger partial charge < -0.3 is 19.0 Å². The summed E-state index contributed by atoms with van der Waals surface area (Å²) in [7, 11) is 2.57. The Kier molecular flexibility index (Phi) is 8.15. The quantitative estimate of drug-likeness (QED) is 0.365. The Morgan fingerprint density at radius 1 is 1.10 bits per heavy atom. The number of anilines is 1. The van der Waals surface area contributed by atoms with E-state index in [0.29, 0.717) is 11.1 Å². The van der Waals surface area contributed by atoms with Gasteiger partial charge in [-0.15, -0.1) is 5.10 Å².